The fourth-order valence-corrected chi connectivity index (χ4v) is 3.93. The molecule has 1 atom stereocenters. The number of hydrogen-bond acceptors (Lipinski definition) is 5. The van der Waals surface area contributed by atoms with Crippen molar-refractivity contribution >= 4 is 17.5 Å². The first-order chi connectivity index (χ1) is 13.1. The van der Waals surface area contributed by atoms with E-state index in [1.807, 2.05) is 12.1 Å². The summed E-state index contributed by atoms with van der Waals surface area (Å²) in [7, 11) is 0. The highest BCUT2D eigenvalue weighted by Gasteiger charge is 2.19. The summed E-state index contributed by atoms with van der Waals surface area (Å²) < 4.78 is 5.93. The van der Waals surface area contributed by atoms with Crippen LogP contribution in [0.2, 0.25) is 5.02 Å². The molecule has 0 saturated carbocycles. The third-order valence-corrected chi connectivity index (χ3v) is 5.37. The fraction of sp³-hybridized carbons (Fsp3) is 0.650. The Hall–Kier alpha value is -1.34. The lowest BCUT2D eigenvalue weighted by Crippen LogP contribution is -2.47. The van der Waals surface area contributed by atoms with Gasteiger partial charge in [-0.25, -0.2) is 0 Å². The molecule has 2 aliphatic rings. The van der Waals surface area contributed by atoms with Crippen molar-refractivity contribution < 1.29 is 14.6 Å². The van der Waals surface area contributed by atoms with Crippen molar-refractivity contribution in [2.75, 3.05) is 45.9 Å². The summed E-state index contributed by atoms with van der Waals surface area (Å²) in [5, 5.41) is 13.9. The van der Waals surface area contributed by atoms with Crippen molar-refractivity contribution in [2.45, 2.75) is 38.3 Å². The monoisotopic (exact) mass is 395 g/mol. The maximum absolute atomic E-state index is 11.6. The van der Waals surface area contributed by atoms with E-state index in [-0.39, 0.29) is 12.5 Å². The lowest BCUT2D eigenvalue weighted by molar-refractivity contribution is -0.124. The van der Waals surface area contributed by atoms with Gasteiger partial charge in [-0.05, 0) is 44.1 Å². The zero-order chi connectivity index (χ0) is 19.1. The second kappa shape index (κ2) is 10.3. The van der Waals surface area contributed by atoms with E-state index in [1.165, 1.54) is 25.7 Å². The number of aliphatic hydroxyl groups is 1. The normalized spacial score (nSPS) is 20.7. The maximum Gasteiger partial charge on any atom is 0.234 e. The number of nitrogens with zero attached hydrogens (tertiary/aromatic N) is 2. The molecule has 0 aliphatic carbocycles. The number of rotatable bonds is 7. The number of nitrogens with one attached hydrogen (secondary N) is 1. The maximum atomic E-state index is 11.6. The average molecular weight is 396 g/mol. The van der Waals surface area contributed by atoms with Crippen LogP contribution in [-0.2, 0) is 11.3 Å². The Labute approximate surface area is 166 Å². The van der Waals surface area contributed by atoms with Crippen LogP contribution in [0.3, 0.4) is 0 Å². The van der Waals surface area contributed by atoms with Crippen LogP contribution >= 0.6 is 11.6 Å². The molecule has 6 nitrogen and oxygen atoms in total. The first-order valence-corrected chi connectivity index (χ1v) is 10.3. The standard InChI is InChI=1S/C20H30ClN3O3/c21-17-5-6-19(16(11-17)12-24-10-7-22-20(26)14-24)27-15-18(25)13-23-8-3-1-2-4-9-23/h5-6,11,18,25H,1-4,7-10,12-15H2,(H,22,26)/t18-/m1/s1. The summed E-state index contributed by atoms with van der Waals surface area (Å²) in [6.45, 7) is 5.45. The molecule has 0 radical (unpaired) electrons. The van der Waals surface area contributed by atoms with Crippen LogP contribution in [0.15, 0.2) is 18.2 Å². The third-order valence-electron chi connectivity index (χ3n) is 5.13. The second-order valence-corrected chi connectivity index (χ2v) is 7.93. The number of piperazine rings is 1. The first kappa shape index (κ1) is 20.4. The molecule has 150 valence electrons. The van der Waals surface area contributed by atoms with Gasteiger partial charge in [0.2, 0.25) is 5.91 Å². The van der Waals surface area contributed by atoms with Gasteiger partial charge in [0.05, 0.1) is 6.54 Å². The SMILES string of the molecule is O=C1CN(Cc2cc(Cl)ccc2OC[C@H](O)CN2CCCCCC2)CCN1. The van der Waals surface area contributed by atoms with Crippen molar-refractivity contribution in [3.63, 3.8) is 0 Å². The van der Waals surface area contributed by atoms with Gasteiger partial charge in [0, 0.05) is 36.8 Å². The Kier molecular flexibility index (Phi) is 7.76. The molecule has 1 aromatic carbocycles. The number of benzene rings is 1. The van der Waals surface area contributed by atoms with Gasteiger partial charge in [-0.15, -0.1) is 0 Å². The van der Waals surface area contributed by atoms with Crippen LogP contribution in [0, 0.1) is 0 Å². The van der Waals surface area contributed by atoms with E-state index in [0.29, 0.717) is 31.2 Å². The highest BCUT2D eigenvalue weighted by atomic mass is 35.5. The topological polar surface area (TPSA) is 65.0 Å². The van der Waals surface area contributed by atoms with Gasteiger partial charge in [-0.1, -0.05) is 24.4 Å². The number of ether oxygens (including phenoxy) is 1. The Morgan fingerprint density at radius 3 is 2.67 bits per heavy atom. The lowest BCUT2D eigenvalue weighted by Gasteiger charge is -2.27. The van der Waals surface area contributed by atoms with Crippen molar-refractivity contribution in [2.24, 2.45) is 0 Å². The molecular weight excluding hydrogens is 366 g/mol. The van der Waals surface area contributed by atoms with Crippen molar-refractivity contribution in [3.8, 4) is 5.75 Å². The van der Waals surface area contributed by atoms with Gasteiger partial charge in [0.25, 0.3) is 0 Å². The number of β-amino-alcohol motifs (C(OH)–C–C–N with tert-alkyl or cyclic N) is 1. The largest absolute Gasteiger partial charge is 0.491 e. The molecule has 2 heterocycles. The van der Waals surface area contributed by atoms with E-state index in [1.54, 1.807) is 6.07 Å². The Balaban J connectivity index is 1.54. The van der Waals surface area contributed by atoms with E-state index in [9.17, 15) is 9.90 Å². The number of hydrogen-bond donors (Lipinski definition) is 2. The molecule has 2 N–H and O–H groups in total. The zero-order valence-corrected chi connectivity index (χ0v) is 16.6. The number of amides is 1. The molecule has 0 aromatic heterocycles. The quantitative estimate of drug-likeness (QED) is 0.738. The zero-order valence-electron chi connectivity index (χ0n) is 15.8. The fourth-order valence-electron chi connectivity index (χ4n) is 3.74. The van der Waals surface area contributed by atoms with Crippen LogP contribution in [0.4, 0.5) is 0 Å². The summed E-state index contributed by atoms with van der Waals surface area (Å²) in [4.78, 5) is 16.0. The highest BCUT2D eigenvalue weighted by molar-refractivity contribution is 6.30. The second-order valence-electron chi connectivity index (χ2n) is 7.49. The van der Waals surface area contributed by atoms with Gasteiger partial charge >= 0.3 is 0 Å². The molecule has 2 fully saturated rings. The number of likely N-dealkylation sites (tertiary alicyclic amines) is 1. The average Bonchev–Trinajstić information content (AvgIpc) is 2.90. The van der Waals surface area contributed by atoms with Crippen LogP contribution in [0.5, 0.6) is 5.75 Å². The van der Waals surface area contributed by atoms with Gasteiger partial charge < -0.3 is 20.1 Å². The molecular formula is C20H30ClN3O3. The van der Waals surface area contributed by atoms with Gasteiger partial charge in [0.15, 0.2) is 0 Å². The van der Waals surface area contributed by atoms with Gasteiger partial charge in [-0.3, -0.25) is 9.69 Å². The Bertz CT molecular complexity index is 620. The van der Waals surface area contributed by atoms with Crippen molar-refractivity contribution in [1.29, 1.82) is 0 Å². The predicted octanol–water partition coefficient (Wildman–Crippen LogP) is 1.89. The van der Waals surface area contributed by atoms with E-state index in [4.69, 9.17) is 16.3 Å². The number of halogens is 1. The number of carbonyl (C=O) groups is 1. The minimum atomic E-state index is -0.521. The van der Waals surface area contributed by atoms with Gasteiger partial charge in [-0.2, -0.15) is 0 Å². The molecule has 2 aliphatic heterocycles. The predicted molar refractivity (Wildman–Crippen MR) is 106 cm³/mol. The molecule has 3 rings (SSSR count). The molecule has 0 unspecified atom stereocenters. The molecule has 0 bridgehead atoms. The van der Waals surface area contributed by atoms with E-state index in [0.717, 1.165) is 30.9 Å². The summed E-state index contributed by atoms with van der Waals surface area (Å²) in [6.07, 6.45) is 4.46. The first-order valence-electron chi connectivity index (χ1n) is 9.91. The minimum Gasteiger partial charge on any atom is -0.491 e. The van der Waals surface area contributed by atoms with Gasteiger partial charge in [0.1, 0.15) is 18.5 Å². The van der Waals surface area contributed by atoms with E-state index < -0.39 is 6.10 Å². The lowest BCUT2D eigenvalue weighted by atomic mass is 10.1. The Morgan fingerprint density at radius 2 is 1.93 bits per heavy atom. The van der Waals surface area contributed by atoms with Crippen LogP contribution < -0.4 is 10.1 Å². The smallest absolute Gasteiger partial charge is 0.234 e. The van der Waals surface area contributed by atoms with E-state index in [2.05, 4.69) is 15.1 Å². The molecule has 27 heavy (non-hydrogen) atoms. The summed E-state index contributed by atoms with van der Waals surface area (Å²) >= 11 is 6.16. The molecule has 1 amide bonds. The van der Waals surface area contributed by atoms with Crippen molar-refractivity contribution in [3.05, 3.63) is 28.8 Å². The van der Waals surface area contributed by atoms with Crippen LogP contribution in [0.25, 0.3) is 0 Å². The molecule has 2 saturated heterocycles. The Morgan fingerprint density at radius 1 is 1.15 bits per heavy atom. The molecule has 7 heteroatoms. The number of carbonyl (C=O) groups excluding carboxylic acids is 1. The minimum absolute atomic E-state index is 0.0404. The van der Waals surface area contributed by atoms with E-state index >= 15 is 0 Å². The molecule has 0 spiro atoms. The van der Waals surface area contributed by atoms with Crippen molar-refractivity contribution in [1.82, 2.24) is 15.1 Å². The van der Waals surface area contributed by atoms with Crippen LogP contribution in [0.1, 0.15) is 31.2 Å². The number of aliphatic hydroxyl groups excluding tert-OH is 1. The summed E-state index contributed by atoms with van der Waals surface area (Å²) in [6, 6.07) is 5.52. The highest BCUT2D eigenvalue weighted by Crippen LogP contribution is 2.25. The third kappa shape index (κ3) is 6.64. The molecule has 1 aromatic rings. The summed E-state index contributed by atoms with van der Waals surface area (Å²) in [5.41, 5.74) is 0.944. The summed E-state index contributed by atoms with van der Waals surface area (Å²) in [5.74, 6) is 0.763. The van der Waals surface area contributed by atoms with Crippen LogP contribution in [-0.4, -0.2) is 72.8 Å².